The van der Waals surface area contributed by atoms with Crippen LogP contribution in [0.3, 0.4) is 0 Å². The second-order valence-corrected chi connectivity index (χ2v) is 10.4. The molecule has 0 saturated carbocycles. The van der Waals surface area contributed by atoms with Crippen LogP contribution in [0.1, 0.15) is 25.0 Å². The largest absolute Gasteiger partial charge is 0.353 e. The molecule has 186 valence electrons. The molecule has 36 heavy (non-hydrogen) atoms. The van der Waals surface area contributed by atoms with Crippen LogP contribution in [-0.4, -0.2) is 42.4 Å². The van der Waals surface area contributed by atoms with E-state index in [4.69, 9.17) is 11.6 Å². The SMILES string of the molecule is CC(C)N(CCNC(=O)CN1C(=O)C(=Cc2ccc(Cl)cc2)Sc2ccccc21)Cc1ccccc1. The number of nitrogens with zero attached hydrogens (tertiary/aromatic N) is 2. The molecular formula is C29H30ClN3O2S. The van der Waals surface area contributed by atoms with Gasteiger partial charge >= 0.3 is 0 Å². The minimum absolute atomic E-state index is 0.0330. The number of fused-ring (bicyclic) bond motifs is 1. The van der Waals surface area contributed by atoms with Crippen molar-refractivity contribution in [2.75, 3.05) is 24.5 Å². The van der Waals surface area contributed by atoms with E-state index in [2.05, 4.69) is 36.2 Å². The zero-order valence-corrected chi connectivity index (χ0v) is 22.1. The molecule has 0 aliphatic carbocycles. The van der Waals surface area contributed by atoms with Gasteiger partial charge in [0.25, 0.3) is 5.91 Å². The highest BCUT2D eigenvalue weighted by Gasteiger charge is 2.30. The monoisotopic (exact) mass is 519 g/mol. The maximum absolute atomic E-state index is 13.4. The summed E-state index contributed by atoms with van der Waals surface area (Å²) in [6, 6.07) is 25.7. The second-order valence-electron chi connectivity index (χ2n) is 8.92. The molecular weight excluding hydrogens is 490 g/mol. The van der Waals surface area contributed by atoms with Gasteiger partial charge in [-0.25, -0.2) is 0 Å². The number of amides is 2. The second kappa shape index (κ2) is 12.3. The first kappa shape index (κ1) is 26.0. The molecule has 0 unspecified atom stereocenters. The Kier molecular flexibility index (Phi) is 8.86. The number of carbonyl (C=O) groups excluding carboxylic acids is 2. The molecule has 3 aromatic rings. The van der Waals surface area contributed by atoms with Crippen LogP contribution in [0.25, 0.3) is 6.08 Å². The van der Waals surface area contributed by atoms with Gasteiger partial charge in [0, 0.05) is 35.6 Å². The van der Waals surface area contributed by atoms with Gasteiger partial charge in [-0.3, -0.25) is 19.4 Å². The Morgan fingerprint density at radius 1 is 1.03 bits per heavy atom. The molecule has 0 bridgehead atoms. The van der Waals surface area contributed by atoms with E-state index in [1.807, 2.05) is 60.7 Å². The molecule has 0 radical (unpaired) electrons. The molecule has 0 aromatic heterocycles. The smallest absolute Gasteiger partial charge is 0.265 e. The summed E-state index contributed by atoms with van der Waals surface area (Å²) in [5.74, 6) is -0.365. The summed E-state index contributed by atoms with van der Waals surface area (Å²) in [4.78, 5) is 31.7. The van der Waals surface area contributed by atoms with E-state index in [1.54, 1.807) is 17.0 Å². The number of rotatable bonds is 9. The maximum Gasteiger partial charge on any atom is 0.265 e. The number of hydrogen-bond acceptors (Lipinski definition) is 4. The molecule has 1 aliphatic heterocycles. The summed E-state index contributed by atoms with van der Waals surface area (Å²) in [6.07, 6.45) is 1.84. The zero-order valence-electron chi connectivity index (χ0n) is 20.5. The predicted octanol–water partition coefficient (Wildman–Crippen LogP) is 5.85. The van der Waals surface area contributed by atoms with Gasteiger partial charge < -0.3 is 5.32 Å². The fourth-order valence-corrected chi connectivity index (χ4v) is 5.19. The molecule has 4 rings (SSSR count). The van der Waals surface area contributed by atoms with Crippen LogP contribution in [0.15, 0.2) is 88.7 Å². The van der Waals surface area contributed by atoms with Crippen LogP contribution < -0.4 is 10.2 Å². The summed E-state index contributed by atoms with van der Waals surface area (Å²) < 4.78 is 0. The third kappa shape index (κ3) is 6.78. The fraction of sp³-hybridized carbons (Fsp3) is 0.241. The van der Waals surface area contributed by atoms with Crippen molar-refractivity contribution in [3.63, 3.8) is 0 Å². The van der Waals surface area contributed by atoms with Gasteiger partial charge in [0.1, 0.15) is 6.54 Å². The van der Waals surface area contributed by atoms with Gasteiger partial charge in [-0.05, 0) is 55.3 Å². The Balaban J connectivity index is 1.41. The topological polar surface area (TPSA) is 52.7 Å². The van der Waals surface area contributed by atoms with E-state index in [1.165, 1.54) is 17.3 Å². The Morgan fingerprint density at radius 2 is 1.72 bits per heavy atom. The van der Waals surface area contributed by atoms with Crippen molar-refractivity contribution in [2.45, 2.75) is 31.3 Å². The van der Waals surface area contributed by atoms with Crippen LogP contribution in [0, 0.1) is 0 Å². The van der Waals surface area contributed by atoms with Crippen molar-refractivity contribution in [3.8, 4) is 0 Å². The number of nitrogens with one attached hydrogen (secondary N) is 1. The van der Waals surface area contributed by atoms with Gasteiger partial charge in [-0.2, -0.15) is 0 Å². The lowest BCUT2D eigenvalue weighted by atomic mass is 10.2. The number of anilines is 1. The van der Waals surface area contributed by atoms with Crippen LogP contribution in [0.5, 0.6) is 0 Å². The number of benzene rings is 3. The zero-order chi connectivity index (χ0) is 25.5. The Hall–Kier alpha value is -3.06. The van der Waals surface area contributed by atoms with E-state index in [0.29, 0.717) is 22.5 Å². The minimum atomic E-state index is -0.184. The molecule has 0 spiro atoms. The molecule has 0 saturated heterocycles. The van der Waals surface area contributed by atoms with Gasteiger partial charge in [0.05, 0.1) is 10.6 Å². The van der Waals surface area contributed by atoms with E-state index in [-0.39, 0.29) is 18.4 Å². The Labute approximate surface area is 222 Å². The van der Waals surface area contributed by atoms with E-state index < -0.39 is 0 Å². The van der Waals surface area contributed by atoms with Crippen molar-refractivity contribution < 1.29 is 9.59 Å². The minimum Gasteiger partial charge on any atom is -0.353 e. The third-order valence-electron chi connectivity index (χ3n) is 5.98. The van der Waals surface area contributed by atoms with E-state index in [0.717, 1.165) is 29.2 Å². The first-order chi connectivity index (χ1) is 17.4. The summed E-state index contributed by atoms with van der Waals surface area (Å²) >= 11 is 7.42. The number of thioether (sulfide) groups is 1. The summed E-state index contributed by atoms with van der Waals surface area (Å²) in [7, 11) is 0. The van der Waals surface area contributed by atoms with Gasteiger partial charge in [0.2, 0.25) is 5.91 Å². The summed E-state index contributed by atoms with van der Waals surface area (Å²) in [6.45, 7) is 6.33. The van der Waals surface area contributed by atoms with Crippen molar-refractivity contribution in [2.24, 2.45) is 0 Å². The van der Waals surface area contributed by atoms with Crippen LogP contribution in [0.2, 0.25) is 5.02 Å². The third-order valence-corrected chi connectivity index (χ3v) is 7.31. The lowest BCUT2D eigenvalue weighted by Gasteiger charge is -2.30. The maximum atomic E-state index is 13.4. The molecule has 0 atom stereocenters. The quantitative estimate of drug-likeness (QED) is 0.360. The lowest BCUT2D eigenvalue weighted by Crippen LogP contribution is -2.45. The Bertz CT molecular complexity index is 1230. The molecule has 2 amide bonds. The van der Waals surface area contributed by atoms with Crippen LogP contribution in [-0.2, 0) is 16.1 Å². The predicted molar refractivity (Wildman–Crippen MR) is 149 cm³/mol. The van der Waals surface area contributed by atoms with Crippen molar-refractivity contribution >= 4 is 46.9 Å². The van der Waals surface area contributed by atoms with Crippen LogP contribution >= 0.6 is 23.4 Å². The standard InChI is InChI=1S/C29H30ClN3O2S/c1-21(2)32(19-23-8-4-3-5-9-23)17-16-31-28(34)20-33-25-10-6-7-11-26(25)36-27(29(33)35)18-22-12-14-24(30)15-13-22/h3-15,18,21H,16-17,19-20H2,1-2H3,(H,31,34). The highest BCUT2D eigenvalue weighted by molar-refractivity contribution is 8.04. The van der Waals surface area contributed by atoms with Crippen molar-refractivity contribution in [1.82, 2.24) is 10.2 Å². The fourth-order valence-electron chi connectivity index (χ4n) is 4.01. The number of para-hydroxylation sites is 1. The number of halogens is 1. The lowest BCUT2D eigenvalue weighted by molar-refractivity contribution is -0.122. The summed E-state index contributed by atoms with van der Waals surface area (Å²) in [5.41, 5.74) is 2.88. The first-order valence-electron chi connectivity index (χ1n) is 12.0. The Morgan fingerprint density at radius 3 is 2.44 bits per heavy atom. The van der Waals surface area contributed by atoms with E-state index in [9.17, 15) is 9.59 Å². The first-order valence-corrected chi connectivity index (χ1v) is 13.2. The molecule has 1 N–H and O–H groups in total. The molecule has 1 heterocycles. The molecule has 0 fully saturated rings. The van der Waals surface area contributed by atoms with Crippen molar-refractivity contribution in [3.05, 3.63) is 99.9 Å². The molecule has 7 heteroatoms. The summed E-state index contributed by atoms with van der Waals surface area (Å²) in [5, 5.41) is 3.65. The highest BCUT2D eigenvalue weighted by Crippen LogP contribution is 2.41. The molecule has 5 nitrogen and oxygen atoms in total. The molecule has 1 aliphatic rings. The van der Waals surface area contributed by atoms with Gasteiger partial charge in [0.15, 0.2) is 0 Å². The van der Waals surface area contributed by atoms with Gasteiger partial charge in [-0.1, -0.05) is 78.0 Å². The van der Waals surface area contributed by atoms with Crippen molar-refractivity contribution in [1.29, 1.82) is 0 Å². The normalized spacial score (nSPS) is 14.4. The average molecular weight is 520 g/mol. The number of hydrogen-bond donors (Lipinski definition) is 1. The van der Waals surface area contributed by atoms with E-state index >= 15 is 0 Å². The number of carbonyl (C=O) groups is 2. The molecule has 3 aromatic carbocycles. The van der Waals surface area contributed by atoms with Crippen LogP contribution in [0.4, 0.5) is 5.69 Å². The van der Waals surface area contributed by atoms with Gasteiger partial charge in [-0.15, -0.1) is 0 Å². The average Bonchev–Trinajstić information content (AvgIpc) is 2.87. The highest BCUT2D eigenvalue weighted by atomic mass is 35.5.